The van der Waals surface area contributed by atoms with Crippen LogP contribution in [0.25, 0.3) is 0 Å². The summed E-state index contributed by atoms with van der Waals surface area (Å²) < 4.78 is 28.9. The molecule has 4 heteroatoms. The zero-order valence-corrected chi connectivity index (χ0v) is 6.22. The van der Waals surface area contributed by atoms with Gasteiger partial charge in [0.1, 0.15) is 0 Å². The number of ether oxygens (including phenoxy) is 1. The van der Waals surface area contributed by atoms with Gasteiger partial charge in [-0.25, -0.2) is 8.78 Å². The zero-order chi connectivity index (χ0) is 8.32. The molecule has 1 unspecified atom stereocenters. The number of hydrogen-bond donors (Lipinski definition) is 1. The van der Waals surface area contributed by atoms with Crippen LogP contribution in [0, 0.1) is 0 Å². The lowest BCUT2D eigenvalue weighted by molar-refractivity contribution is -0.0741. The summed E-state index contributed by atoms with van der Waals surface area (Å²) >= 11 is 0. The minimum absolute atomic E-state index is 0.294. The smallest absolute Gasteiger partial charge is 0.241 e. The molecule has 0 saturated carbocycles. The molecule has 1 N–H and O–H groups in total. The van der Waals surface area contributed by atoms with Crippen molar-refractivity contribution in [3.63, 3.8) is 0 Å². The summed E-state index contributed by atoms with van der Waals surface area (Å²) in [5.74, 6) is 0. The van der Waals surface area contributed by atoms with Crippen molar-refractivity contribution in [3.8, 4) is 0 Å². The van der Waals surface area contributed by atoms with E-state index in [1.54, 1.807) is 0 Å². The Balaban J connectivity index is 2.45. The van der Waals surface area contributed by atoms with E-state index in [1.165, 1.54) is 0 Å². The highest BCUT2D eigenvalue weighted by Crippen LogP contribution is 2.30. The Morgan fingerprint density at radius 2 is 2.27 bits per heavy atom. The van der Waals surface area contributed by atoms with E-state index in [2.05, 4.69) is 0 Å². The molecule has 0 aliphatic carbocycles. The first kappa shape index (κ1) is 8.87. The van der Waals surface area contributed by atoms with Crippen LogP contribution in [-0.4, -0.2) is 30.3 Å². The first-order valence-corrected chi connectivity index (χ1v) is 3.71. The Morgan fingerprint density at radius 3 is 2.64 bits per heavy atom. The SMILES string of the molecule is OCC1(CC(F)F)CCCO1. The molecule has 11 heavy (non-hydrogen) atoms. The summed E-state index contributed by atoms with van der Waals surface area (Å²) in [6.07, 6.45) is -1.41. The molecule has 0 bridgehead atoms. The molecule has 0 aromatic carbocycles. The molecule has 1 rings (SSSR count). The van der Waals surface area contributed by atoms with E-state index in [0.717, 1.165) is 6.42 Å². The van der Waals surface area contributed by atoms with Crippen LogP contribution in [-0.2, 0) is 4.74 Å². The van der Waals surface area contributed by atoms with Crippen LogP contribution in [0.15, 0.2) is 0 Å². The number of alkyl halides is 2. The highest BCUT2D eigenvalue weighted by atomic mass is 19.3. The van der Waals surface area contributed by atoms with Crippen molar-refractivity contribution in [3.05, 3.63) is 0 Å². The van der Waals surface area contributed by atoms with Gasteiger partial charge in [0.15, 0.2) is 0 Å². The molecule has 2 nitrogen and oxygen atoms in total. The van der Waals surface area contributed by atoms with Gasteiger partial charge in [0.25, 0.3) is 0 Å². The van der Waals surface area contributed by atoms with E-state index in [0.29, 0.717) is 13.0 Å². The maximum absolute atomic E-state index is 11.9. The van der Waals surface area contributed by atoms with Gasteiger partial charge < -0.3 is 9.84 Å². The van der Waals surface area contributed by atoms with E-state index in [4.69, 9.17) is 9.84 Å². The highest BCUT2D eigenvalue weighted by molar-refractivity contribution is 4.84. The number of hydrogen-bond acceptors (Lipinski definition) is 2. The molecule has 1 atom stereocenters. The van der Waals surface area contributed by atoms with Crippen molar-refractivity contribution in [2.24, 2.45) is 0 Å². The van der Waals surface area contributed by atoms with Crippen LogP contribution in [0.2, 0.25) is 0 Å². The van der Waals surface area contributed by atoms with Gasteiger partial charge >= 0.3 is 0 Å². The molecule has 0 radical (unpaired) electrons. The second-order valence-corrected chi connectivity index (χ2v) is 2.89. The van der Waals surface area contributed by atoms with Crippen molar-refractivity contribution in [2.45, 2.75) is 31.3 Å². The lowest BCUT2D eigenvalue weighted by Gasteiger charge is -2.24. The number of halogens is 2. The van der Waals surface area contributed by atoms with Gasteiger partial charge in [-0.15, -0.1) is 0 Å². The Kier molecular flexibility index (Phi) is 2.78. The summed E-state index contributed by atoms with van der Waals surface area (Å²) in [7, 11) is 0. The van der Waals surface area contributed by atoms with Crippen LogP contribution in [0.3, 0.4) is 0 Å². The Labute approximate surface area is 64.2 Å². The molecule has 1 heterocycles. The van der Waals surface area contributed by atoms with Crippen molar-refractivity contribution in [2.75, 3.05) is 13.2 Å². The van der Waals surface area contributed by atoms with E-state index in [9.17, 15) is 8.78 Å². The van der Waals surface area contributed by atoms with Crippen molar-refractivity contribution in [1.29, 1.82) is 0 Å². The van der Waals surface area contributed by atoms with Gasteiger partial charge in [-0.2, -0.15) is 0 Å². The van der Waals surface area contributed by atoms with Crippen LogP contribution >= 0.6 is 0 Å². The highest BCUT2D eigenvalue weighted by Gasteiger charge is 2.37. The molecular formula is C7H12F2O2. The Morgan fingerprint density at radius 1 is 1.55 bits per heavy atom. The molecular weight excluding hydrogens is 154 g/mol. The lowest BCUT2D eigenvalue weighted by atomic mass is 9.97. The molecule has 0 aromatic rings. The predicted molar refractivity (Wildman–Crippen MR) is 35.6 cm³/mol. The van der Waals surface area contributed by atoms with Gasteiger partial charge in [-0.1, -0.05) is 0 Å². The van der Waals surface area contributed by atoms with Crippen LogP contribution in [0.5, 0.6) is 0 Å². The number of aliphatic hydroxyl groups excluding tert-OH is 1. The summed E-state index contributed by atoms with van der Waals surface area (Å²) in [5.41, 5.74) is -0.936. The average molecular weight is 166 g/mol. The van der Waals surface area contributed by atoms with Gasteiger partial charge in [-0.3, -0.25) is 0 Å². The summed E-state index contributed by atoms with van der Waals surface area (Å²) in [6.45, 7) is 0.199. The van der Waals surface area contributed by atoms with Gasteiger partial charge in [0, 0.05) is 13.0 Å². The van der Waals surface area contributed by atoms with E-state index in [1.807, 2.05) is 0 Å². The normalized spacial score (nSPS) is 31.6. The second kappa shape index (κ2) is 3.45. The quantitative estimate of drug-likeness (QED) is 0.682. The summed E-state index contributed by atoms with van der Waals surface area (Å²) in [6, 6.07) is 0. The fraction of sp³-hybridized carbons (Fsp3) is 1.00. The van der Waals surface area contributed by atoms with E-state index < -0.39 is 12.0 Å². The number of aliphatic hydroxyl groups is 1. The van der Waals surface area contributed by atoms with Crippen LogP contribution < -0.4 is 0 Å². The van der Waals surface area contributed by atoms with Crippen LogP contribution in [0.4, 0.5) is 8.78 Å². The Bertz CT molecular complexity index is 122. The van der Waals surface area contributed by atoms with Crippen molar-refractivity contribution < 1.29 is 18.6 Å². The molecule has 0 amide bonds. The fourth-order valence-corrected chi connectivity index (χ4v) is 1.39. The molecule has 1 aliphatic rings. The van der Waals surface area contributed by atoms with Crippen molar-refractivity contribution >= 4 is 0 Å². The minimum Gasteiger partial charge on any atom is -0.393 e. The lowest BCUT2D eigenvalue weighted by Crippen LogP contribution is -2.34. The topological polar surface area (TPSA) is 29.5 Å². The zero-order valence-electron chi connectivity index (χ0n) is 6.22. The maximum atomic E-state index is 11.9. The summed E-state index contributed by atoms with van der Waals surface area (Å²) in [4.78, 5) is 0. The Hall–Kier alpha value is -0.220. The molecule has 66 valence electrons. The average Bonchev–Trinajstić information content (AvgIpc) is 2.36. The van der Waals surface area contributed by atoms with Crippen LogP contribution in [0.1, 0.15) is 19.3 Å². The molecule has 0 aromatic heterocycles. The molecule has 1 fully saturated rings. The van der Waals surface area contributed by atoms with Crippen molar-refractivity contribution in [1.82, 2.24) is 0 Å². The van der Waals surface area contributed by atoms with Gasteiger partial charge in [0.2, 0.25) is 6.43 Å². The summed E-state index contributed by atoms with van der Waals surface area (Å²) in [5, 5.41) is 8.81. The molecule has 0 spiro atoms. The fourth-order valence-electron chi connectivity index (χ4n) is 1.39. The first-order valence-electron chi connectivity index (χ1n) is 3.71. The van der Waals surface area contributed by atoms with Gasteiger partial charge in [-0.05, 0) is 12.8 Å². The molecule has 1 aliphatic heterocycles. The maximum Gasteiger partial charge on any atom is 0.241 e. The van der Waals surface area contributed by atoms with Gasteiger partial charge in [0.05, 0.1) is 12.2 Å². The second-order valence-electron chi connectivity index (χ2n) is 2.89. The number of rotatable bonds is 3. The molecule has 1 saturated heterocycles. The first-order chi connectivity index (χ1) is 5.18. The van der Waals surface area contributed by atoms with E-state index in [-0.39, 0.29) is 13.0 Å². The minimum atomic E-state index is -2.39. The third-order valence-corrected chi connectivity index (χ3v) is 2.00. The largest absolute Gasteiger partial charge is 0.393 e. The standard InChI is InChI=1S/C7H12F2O2/c8-6(9)4-7(5-10)2-1-3-11-7/h6,10H,1-5H2. The third-order valence-electron chi connectivity index (χ3n) is 2.00. The van der Waals surface area contributed by atoms with E-state index >= 15 is 0 Å². The predicted octanol–water partition coefficient (Wildman–Crippen LogP) is 1.18. The monoisotopic (exact) mass is 166 g/mol. The third kappa shape index (κ3) is 2.10.